The first-order valence-electron chi connectivity index (χ1n) is 5.20. The Kier molecular flexibility index (Phi) is 5.44. The number of carbonyl (C=O) groups excluding carboxylic acids is 1. The highest BCUT2D eigenvalue weighted by molar-refractivity contribution is 5.94. The minimum atomic E-state index is -2.54. The van der Waals surface area contributed by atoms with E-state index in [2.05, 4.69) is 10.1 Å². The molecular formula is C11H13F3N2O2. The summed E-state index contributed by atoms with van der Waals surface area (Å²) < 4.78 is 41.0. The van der Waals surface area contributed by atoms with Crippen LogP contribution in [0.15, 0.2) is 18.2 Å². The molecule has 0 spiro atoms. The van der Waals surface area contributed by atoms with Crippen LogP contribution in [-0.2, 0) is 4.74 Å². The second-order valence-corrected chi connectivity index (χ2v) is 3.46. The van der Waals surface area contributed by atoms with E-state index in [-0.39, 0.29) is 24.4 Å². The molecule has 0 saturated carbocycles. The lowest BCUT2D eigenvalue weighted by atomic mass is 10.2. The molecule has 18 heavy (non-hydrogen) atoms. The molecule has 3 N–H and O–H groups in total. The summed E-state index contributed by atoms with van der Waals surface area (Å²) in [5.41, 5.74) is 5.32. The largest absolute Gasteiger partial charge is 0.396 e. The maximum absolute atomic E-state index is 13.1. The summed E-state index contributed by atoms with van der Waals surface area (Å²) in [4.78, 5) is 11.5. The zero-order valence-corrected chi connectivity index (χ0v) is 9.46. The lowest BCUT2D eigenvalue weighted by Gasteiger charge is -2.06. The number of carbonyl (C=O) groups is 1. The fourth-order valence-corrected chi connectivity index (χ4v) is 1.18. The molecule has 0 aliphatic carbocycles. The van der Waals surface area contributed by atoms with Crippen LogP contribution in [-0.4, -0.2) is 32.1 Å². The fraction of sp³-hybridized carbons (Fsp3) is 0.364. The van der Waals surface area contributed by atoms with Gasteiger partial charge in [-0.1, -0.05) is 0 Å². The number of anilines is 1. The average Bonchev–Trinajstić information content (AvgIpc) is 2.31. The van der Waals surface area contributed by atoms with Crippen LogP contribution in [0.2, 0.25) is 0 Å². The molecule has 0 unspecified atom stereocenters. The molecule has 100 valence electrons. The summed E-state index contributed by atoms with van der Waals surface area (Å²) in [6.07, 6.45) is -2.54. The Hall–Kier alpha value is -1.76. The Bertz CT molecular complexity index is 413. The Labute approximate surface area is 102 Å². The van der Waals surface area contributed by atoms with Crippen LogP contribution in [0.1, 0.15) is 10.4 Å². The molecule has 0 aliphatic heterocycles. The number of hydrogen-bond donors (Lipinski definition) is 2. The van der Waals surface area contributed by atoms with Crippen molar-refractivity contribution in [2.75, 3.05) is 25.5 Å². The number of nitrogens with two attached hydrogens (primary N) is 1. The Morgan fingerprint density at radius 3 is 2.78 bits per heavy atom. The number of nitrogen functional groups attached to an aromatic ring is 1. The third-order valence-corrected chi connectivity index (χ3v) is 2.04. The van der Waals surface area contributed by atoms with Crippen LogP contribution in [0.5, 0.6) is 0 Å². The van der Waals surface area contributed by atoms with Crippen molar-refractivity contribution in [3.05, 3.63) is 29.6 Å². The van der Waals surface area contributed by atoms with E-state index in [1.807, 2.05) is 0 Å². The van der Waals surface area contributed by atoms with E-state index in [9.17, 15) is 18.0 Å². The molecule has 0 atom stereocenters. The normalized spacial score (nSPS) is 10.7. The first kappa shape index (κ1) is 14.3. The first-order chi connectivity index (χ1) is 8.50. The summed E-state index contributed by atoms with van der Waals surface area (Å²) >= 11 is 0. The number of alkyl halides is 2. The molecule has 0 aromatic heterocycles. The predicted octanol–water partition coefficient (Wildman–Crippen LogP) is 1.42. The van der Waals surface area contributed by atoms with E-state index in [0.717, 1.165) is 6.07 Å². The van der Waals surface area contributed by atoms with Gasteiger partial charge in [0, 0.05) is 12.1 Å². The number of hydrogen-bond acceptors (Lipinski definition) is 3. The minimum Gasteiger partial charge on any atom is -0.396 e. The number of ether oxygens (including phenoxy) is 1. The molecule has 0 saturated heterocycles. The zero-order valence-electron chi connectivity index (χ0n) is 9.46. The van der Waals surface area contributed by atoms with Crippen LogP contribution in [0.4, 0.5) is 18.9 Å². The standard InChI is InChI=1S/C11H13F3N2O2/c12-8-5-7(1-2-9(8)15)11(17)16-3-4-18-6-10(13)14/h1-2,5,10H,3-4,6,15H2,(H,16,17). The van der Waals surface area contributed by atoms with Gasteiger partial charge in [-0.05, 0) is 18.2 Å². The summed E-state index contributed by atoms with van der Waals surface area (Å²) in [6, 6.07) is 3.65. The Balaban J connectivity index is 2.34. The van der Waals surface area contributed by atoms with Crippen molar-refractivity contribution in [2.24, 2.45) is 0 Å². The number of benzene rings is 1. The maximum atomic E-state index is 13.1. The Morgan fingerprint density at radius 2 is 2.17 bits per heavy atom. The summed E-state index contributed by atoms with van der Waals surface area (Å²) in [5, 5.41) is 2.40. The van der Waals surface area contributed by atoms with Crippen molar-refractivity contribution in [1.82, 2.24) is 5.32 Å². The van der Waals surface area contributed by atoms with Gasteiger partial charge in [0.25, 0.3) is 12.3 Å². The minimum absolute atomic E-state index is 0.0342. The quantitative estimate of drug-likeness (QED) is 0.602. The number of halogens is 3. The van der Waals surface area contributed by atoms with Crippen LogP contribution in [0, 0.1) is 5.82 Å². The van der Waals surface area contributed by atoms with Gasteiger partial charge in [0.05, 0.1) is 12.3 Å². The van der Waals surface area contributed by atoms with Crippen molar-refractivity contribution in [2.45, 2.75) is 6.43 Å². The Morgan fingerprint density at radius 1 is 1.44 bits per heavy atom. The topological polar surface area (TPSA) is 64.4 Å². The first-order valence-corrected chi connectivity index (χ1v) is 5.20. The molecule has 1 aromatic carbocycles. The van der Waals surface area contributed by atoms with Gasteiger partial charge < -0.3 is 15.8 Å². The maximum Gasteiger partial charge on any atom is 0.261 e. The molecule has 1 amide bonds. The van der Waals surface area contributed by atoms with Gasteiger partial charge in [-0.15, -0.1) is 0 Å². The van der Waals surface area contributed by atoms with Crippen molar-refractivity contribution in [3.8, 4) is 0 Å². The molecule has 4 nitrogen and oxygen atoms in total. The second-order valence-electron chi connectivity index (χ2n) is 3.46. The van der Waals surface area contributed by atoms with E-state index in [0.29, 0.717) is 0 Å². The highest BCUT2D eigenvalue weighted by Gasteiger charge is 2.08. The molecule has 0 radical (unpaired) electrons. The molecule has 0 fully saturated rings. The molecule has 1 aromatic rings. The third kappa shape index (κ3) is 4.62. The van der Waals surface area contributed by atoms with Crippen LogP contribution in [0.25, 0.3) is 0 Å². The molecule has 1 rings (SSSR count). The predicted molar refractivity (Wildman–Crippen MR) is 60.0 cm³/mol. The van der Waals surface area contributed by atoms with E-state index in [1.54, 1.807) is 0 Å². The monoisotopic (exact) mass is 262 g/mol. The van der Waals surface area contributed by atoms with Crippen molar-refractivity contribution < 1.29 is 22.7 Å². The number of nitrogens with one attached hydrogen (secondary N) is 1. The zero-order chi connectivity index (χ0) is 13.5. The van der Waals surface area contributed by atoms with Crippen molar-refractivity contribution in [3.63, 3.8) is 0 Å². The van der Waals surface area contributed by atoms with E-state index in [1.165, 1.54) is 12.1 Å². The fourth-order valence-electron chi connectivity index (χ4n) is 1.18. The highest BCUT2D eigenvalue weighted by Crippen LogP contribution is 2.11. The third-order valence-electron chi connectivity index (χ3n) is 2.04. The van der Waals surface area contributed by atoms with Gasteiger partial charge >= 0.3 is 0 Å². The van der Waals surface area contributed by atoms with Gasteiger partial charge in [0.15, 0.2) is 0 Å². The lowest BCUT2D eigenvalue weighted by Crippen LogP contribution is -2.27. The van der Waals surface area contributed by atoms with E-state index < -0.39 is 24.8 Å². The SMILES string of the molecule is Nc1ccc(C(=O)NCCOCC(F)F)cc1F. The van der Waals surface area contributed by atoms with Crippen LogP contribution < -0.4 is 11.1 Å². The molecule has 7 heteroatoms. The molecule has 0 bridgehead atoms. The van der Waals surface area contributed by atoms with Crippen molar-refractivity contribution in [1.29, 1.82) is 0 Å². The van der Waals surface area contributed by atoms with Gasteiger partial charge in [0.2, 0.25) is 0 Å². The average molecular weight is 262 g/mol. The van der Waals surface area contributed by atoms with Gasteiger partial charge in [-0.3, -0.25) is 4.79 Å². The molecular weight excluding hydrogens is 249 g/mol. The van der Waals surface area contributed by atoms with Gasteiger partial charge in [0.1, 0.15) is 12.4 Å². The number of rotatable bonds is 6. The van der Waals surface area contributed by atoms with Gasteiger partial charge in [-0.25, -0.2) is 13.2 Å². The summed E-state index contributed by atoms with van der Waals surface area (Å²) in [6.45, 7) is -0.641. The molecule has 0 aliphatic rings. The summed E-state index contributed by atoms with van der Waals surface area (Å²) in [5.74, 6) is -1.20. The lowest BCUT2D eigenvalue weighted by molar-refractivity contribution is 0.0188. The second kappa shape index (κ2) is 6.85. The van der Waals surface area contributed by atoms with E-state index >= 15 is 0 Å². The van der Waals surface area contributed by atoms with E-state index in [4.69, 9.17) is 5.73 Å². The van der Waals surface area contributed by atoms with Crippen LogP contribution >= 0.6 is 0 Å². The smallest absolute Gasteiger partial charge is 0.261 e. The van der Waals surface area contributed by atoms with Crippen LogP contribution in [0.3, 0.4) is 0 Å². The van der Waals surface area contributed by atoms with Crippen molar-refractivity contribution >= 4 is 11.6 Å². The van der Waals surface area contributed by atoms with Gasteiger partial charge in [-0.2, -0.15) is 0 Å². The number of amides is 1. The highest BCUT2D eigenvalue weighted by atomic mass is 19.3. The summed E-state index contributed by atoms with van der Waals surface area (Å²) in [7, 11) is 0. The molecule has 0 heterocycles.